The van der Waals surface area contributed by atoms with Crippen LogP contribution in [0.1, 0.15) is 41.3 Å². The molecule has 1 fully saturated rings. The average Bonchev–Trinajstić information content (AvgIpc) is 3.45. The monoisotopic (exact) mass is 493 g/mol. The minimum absolute atomic E-state index is 0.0108. The molecule has 2 aliphatic rings. The van der Waals surface area contributed by atoms with Crippen molar-refractivity contribution in [3.63, 3.8) is 0 Å². The Hall–Kier alpha value is -3.79. The number of sulfone groups is 1. The highest BCUT2D eigenvalue weighted by Gasteiger charge is 2.38. The van der Waals surface area contributed by atoms with Gasteiger partial charge in [-0.25, -0.2) is 18.2 Å². The Morgan fingerprint density at radius 1 is 1.06 bits per heavy atom. The molecule has 0 spiro atoms. The summed E-state index contributed by atoms with van der Waals surface area (Å²) >= 11 is 0. The molecule has 10 heteroatoms. The molecule has 2 aromatic carbocycles. The van der Waals surface area contributed by atoms with Gasteiger partial charge in [0.05, 0.1) is 17.5 Å². The van der Waals surface area contributed by atoms with Crippen LogP contribution in [0, 0.1) is 0 Å². The van der Waals surface area contributed by atoms with Crippen molar-refractivity contribution < 1.29 is 27.5 Å². The summed E-state index contributed by atoms with van der Waals surface area (Å²) in [4.78, 5) is 42.2. The second kappa shape index (κ2) is 9.10. The maximum absolute atomic E-state index is 13.6. The fourth-order valence-corrected chi connectivity index (χ4v) is 6.16. The molecule has 0 unspecified atom stereocenters. The van der Waals surface area contributed by atoms with Crippen LogP contribution in [-0.2, 0) is 24.2 Å². The summed E-state index contributed by atoms with van der Waals surface area (Å²) in [6, 6.07) is 15.4. The number of H-pyrrole nitrogens is 1. The number of ether oxygens (including phenoxy) is 1. The summed E-state index contributed by atoms with van der Waals surface area (Å²) in [6.07, 6.45) is 0.706. The molecule has 1 N–H and O–H groups in total. The standard InChI is InChI=1S/C25H23N3O6S/c29-22-11-10-21(27-28(22)17-12-13-35(32,33)15-17)25(31)34-24(16-6-2-1-3-7-16)23(30)19-14-26-20-9-5-4-8-18(19)20/h1-9,14,17,24,26H,10-13,15H2/t17-,24-/m1/s1. The molecule has 0 radical (unpaired) electrons. The molecule has 1 saturated heterocycles. The summed E-state index contributed by atoms with van der Waals surface area (Å²) in [5.74, 6) is -1.75. The minimum Gasteiger partial charge on any atom is -0.444 e. The summed E-state index contributed by atoms with van der Waals surface area (Å²) in [6.45, 7) is 0. The normalized spacial score (nSPS) is 20.5. The number of rotatable bonds is 6. The predicted octanol–water partition coefficient (Wildman–Crippen LogP) is 2.80. The van der Waals surface area contributed by atoms with E-state index in [0.29, 0.717) is 16.5 Å². The van der Waals surface area contributed by atoms with Crippen molar-refractivity contribution in [1.29, 1.82) is 0 Å². The Labute approximate surface area is 201 Å². The highest BCUT2D eigenvalue weighted by molar-refractivity contribution is 7.91. The molecular weight excluding hydrogens is 470 g/mol. The molecule has 1 amide bonds. The molecule has 3 heterocycles. The lowest BCUT2D eigenvalue weighted by Crippen LogP contribution is -2.42. The zero-order valence-electron chi connectivity index (χ0n) is 18.7. The van der Waals surface area contributed by atoms with Crippen LogP contribution in [0.3, 0.4) is 0 Å². The number of nitrogens with one attached hydrogen (secondary N) is 1. The lowest BCUT2D eigenvalue weighted by molar-refractivity contribution is -0.140. The second-order valence-electron chi connectivity index (χ2n) is 8.65. The van der Waals surface area contributed by atoms with Gasteiger partial charge in [-0.1, -0.05) is 48.5 Å². The topological polar surface area (TPSA) is 126 Å². The van der Waals surface area contributed by atoms with E-state index in [2.05, 4.69) is 10.1 Å². The summed E-state index contributed by atoms with van der Waals surface area (Å²) in [7, 11) is -3.24. The molecule has 2 atom stereocenters. The minimum atomic E-state index is -3.24. The van der Waals surface area contributed by atoms with E-state index in [1.54, 1.807) is 36.5 Å². The smallest absolute Gasteiger partial charge is 0.355 e. The molecule has 0 bridgehead atoms. The van der Waals surface area contributed by atoms with Crippen LogP contribution < -0.4 is 0 Å². The van der Waals surface area contributed by atoms with Crippen LogP contribution in [-0.4, -0.2) is 59.3 Å². The maximum Gasteiger partial charge on any atom is 0.355 e. The molecule has 1 aromatic heterocycles. The van der Waals surface area contributed by atoms with Crippen LogP contribution in [0.5, 0.6) is 0 Å². The third-order valence-electron chi connectivity index (χ3n) is 6.27. The SMILES string of the molecule is O=C(O[C@@H](C(=O)c1c[nH]c2ccccc12)c1ccccc1)C1=NN([C@@H]2CCS(=O)(=O)C2)C(=O)CC1. The number of hydrogen-bond donors (Lipinski definition) is 1. The van der Waals surface area contributed by atoms with Crippen molar-refractivity contribution in [3.8, 4) is 0 Å². The first-order valence-electron chi connectivity index (χ1n) is 11.3. The third kappa shape index (κ3) is 4.61. The molecule has 2 aliphatic heterocycles. The van der Waals surface area contributed by atoms with Gasteiger partial charge < -0.3 is 9.72 Å². The number of hydrogen-bond acceptors (Lipinski definition) is 7. The fraction of sp³-hybridized carbons (Fsp3) is 0.280. The van der Waals surface area contributed by atoms with Crippen LogP contribution >= 0.6 is 0 Å². The number of Topliss-reactive ketones (excluding diaryl/α,β-unsaturated/α-hetero) is 1. The number of benzene rings is 2. The number of fused-ring (bicyclic) bond motifs is 1. The van der Waals surface area contributed by atoms with Crippen LogP contribution in [0.15, 0.2) is 65.9 Å². The number of carbonyl (C=O) groups excluding carboxylic acids is 3. The zero-order chi connectivity index (χ0) is 24.6. The molecular formula is C25H23N3O6S. The molecule has 0 saturated carbocycles. The number of aromatic nitrogens is 1. The number of aromatic amines is 1. The van der Waals surface area contributed by atoms with Crippen molar-refractivity contribution in [1.82, 2.24) is 9.99 Å². The Balaban J connectivity index is 1.43. The van der Waals surface area contributed by atoms with Crippen molar-refractivity contribution in [2.45, 2.75) is 31.4 Å². The van der Waals surface area contributed by atoms with Gasteiger partial charge in [0.2, 0.25) is 11.7 Å². The first-order chi connectivity index (χ1) is 16.8. The number of para-hydroxylation sites is 1. The van der Waals surface area contributed by atoms with Crippen molar-refractivity contribution in [2.75, 3.05) is 11.5 Å². The summed E-state index contributed by atoms with van der Waals surface area (Å²) in [5, 5.41) is 5.99. The van der Waals surface area contributed by atoms with E-state index >= 15 is 0 Å². The van der Waals surface area contributed by atoms with Gasteiger partial charge in [0.25, 0.3) is 0 Å². The number of ketones is 1. The van der Waals surface area contributed by atoms with E-state index in [9.17, 15) is 22.8 Å². The van der Waals surface area contributed by atoms with E-state index < -0.39 is 33.7 Å². The van der Waals surface area contributed by atoms with E-state index in [1.807, 2.05) is 24.3 Å². The van der Waals surface area contributed by atoms with E-state index in [4.69, 9.17) is 4.74 Å². The zero-order valence-corrected chi connectivity index (χ0v) is 19.5. The Kier molecular flexibility index (Phi) is 5.98. The van der Waals surface area contributed by atoms with E-state index in [0.717, 1.165) is 10.5 Å². The third-order valence-corrected chi connectivity index (χ3v) is 8.02. The predicted molar refractivity (Wildman–Crippen MR) is 128 cm³/mol. The van der Waals surface area contributed by atoms with E-state index in [1.165, 1.54) is 0 Å². The highest BCUT2D eigenvalue weighted by Crippen LogP contribution is 2.28. The first-order valence-corrected chi connectivity index (χ1v) is 13.1. The van der Waals surface area contributed by atoms with Crippen LogP contribution in [0.2, 0.25) is 0 Å². The van der Waals surface area contributed by atoms with Crippen molar-refractivity contribution >= 4 is 44.1 Å². The lowest BCUT2D eigenvalue weighted by Gasteiger charge is -2.27. The Morgan fingerprint density at radius 2 is 1.80 bits per heavy atom. The van der Waals surface area contributed by atoms with Gasteiger partial charge >= 0.3 is 5.97 Å². The van der Waals surface area contributed by atoms with Gasteiger partial charge in [0.1, 0.15) is 5.71 Å². The number of carbonyl (C=O) groups is 3. The summed E-state index contributed by atoms with van der Waals surface area (Å²) < 4.78 is 29.4. The van der Waals surface area contributed by atoms with Crippen LogP contribution in [0.25, 0.3) is 10.9 Å². The quantitative estimate of drug-likeness (QED) is 0.416. The average molecular weight is 494 g/mol. The lowest BCUT2D eigenvalue weighted by atomic mass is 9.99. The Bertz CT molecular complexity index is 1440. The van der Waals surface area contributed by atoms with Gasteiger partial charge in [-0.05, 0) is 12.5 Å². The van der Waals surface area contributed by atoms with Gasteiger partial charge in [-0.2, -0.15) is 5.10 Å². The molecule has 9 nitrogen and oxygen atoms in total. The van der Waals surface area contributed by atoms with Gasteiger partial charge in [-0.3, -0.25) is 9.59 Å². The molecule has 5 rings (SSSR count). The highest BCUT2D eigenvalue weighted by atomic mass is 32.2. The molecule has 3 aromatic rings. The number of hydrazone groups is 1. The van der Waals surface area contributed by atoms with Gasteiger partial charge in [0.15, 0.2) is 15.9 Å². The van der Waals surface area contributed by atoms with Crippen LogP contribution in [0.4, 0.5) is 0 Å². The maximum atomic E-state index is 13.6. The number of nitrogens with zero attached hydrogens (tertiary/aromatic N) is 2. The largest absolute Gasteiger partial charge is 0.444 e. The second-order valence-corrected chi connectivity index (χ2v) is 10.9. The van der Waals surface area contributed by atoms with Crippen molar-refractivity contribution in [2.24, 2.45) is 5.10 Å². The molecule has 35 heavy (non-hydrogen) atoms. The molecule has 180 valence electrons. The van der Waals surface area contributed by atoms with Crippen molar-refractivity contribution in [3.05, 3.63) is 71.9 Å². The van der Waals surface area contributed by atoms with Gasteiger partial charge in [-0.15, -0.1) is 0 Å². The molecule has 0 aliphatic carbocycles. The van der Waals surface area contributed by atoms with E-state index in [-0.39, 0.29) is 42.4 Å². The fourth-order valence-electron chi connectivity index (χ4n) is 4.46. The number of amides is 1. The Morgan fingerprint density at radius 3 is 2.54 bits per heavy atom. The van der Waals surface area contributed by atoms with Gasteiger partial charge in [0, 0.05) is 41.1 Å². The first kappa shape index (κ1) is 23.0. The summed E-state index contributed by atoms with van der Waals surface area (Å²) in [5.41, 5.74) is 1.66. The number of esters is 1.